The predicted octanol–water partition coefficient (Wildman–Crippen LogP) is 0.558. The lowest BCUT2D eigenvalue weighted by atomic mass is 9.94. The van der Waals surface area contributed by atoms with Gasteiger partial charge in [-0.25, -0.2) is 0 Å². The fourth-order valence-electron chi connectivity index (χ4n) is 0.933. The van der Waals surface area contributed by atoms with E-state index >= 15 is 0 Å². The summed E-state index contributed by atoms with van der Waals surface area (Å²) in [4.78, 5) is 0. The van der Waals surface area contributed by atoms with Gasteiger partial charge in [-0.1, -0.05) is 12.1 Å². The first-order valence-corrected chi connectivity index (χ1v) is 3.75. The van der Waals surface area contributed by atoms with Crippen molar-refractivity contribution in [1.82, 2.24) is 0 Å². The number of hydrogen-bond donors (Lipinski definition) is 3. The average Bonchev–Trinajstić information content (AvgIpc) is 2.05. The normalized spacial score (nSPS) is 15.6. The van der Waals surface area contributed by atoms with Crippen LogP contribution in [0.1, 0.15) is 12.5 Å². The molecule has 0 radical (unpaired) electrons. The molecule has 0 aliphatic carbocycles. The van der Waals surface area contributed by atoms with Crippen LogP contribution in [-0.2, 0) is 5.54 Å². The van der Waals surface area contributed by atoms with Gasteiger partial charge in [0.25, 0.3) is 0 Å². The van der Waals surface area contributed by atoms with Crippen LogP contribution in [0.15, 0.2) is 24.3 Å². The number of hydrogen-bond acceptors (Lipinski definition) is 3. The predicted molar refractivity (Wildman–Crippen MR) is 46.7 cm³/mol. The second-order valence-electron chi connectivity index (χ2n) is 3.12. The SMILES string of the molecule is C[C@@](N)(CO)c1ccc(O)cc1. The van der Waals surface area contributed by atoms with Gasteiger partial charge in [0.2, 0.25) is 0 Å². The van der Waals surface area contributed by atoms with Gasteiger partial charge in [0.05, 0.1) is 12.1 Å². The zero-order valence-corrected chi connectivity index (χ0v) is 6.99. The number of rotatable bonds is 2. The first-order valence-electron chi connectivity index (χ1n) is 3.75. The Morgan fingerprint density at radius 2 is 1.83 bits per heavy atom. The van der Waals surface area contributed by atoms with E-state index < -0.39 is 5.54 Å². The molecule has 1 aromatic rings. The van der Waals surface area contributed by atoms with Crippen molar-refractivity contribution in [3.05, 3.63) is 29.8 Å². The molecule has 3 nitrogen and oxygen atoms in total. The van der Waals surface area contributed by atoms with E-state index in [2.05, 4.69) is 0 Å². The third-order valence-corrected chi connectivity index (χ3v) is 1.86. The Kier molecular flexibility index (Phi) is 2.35. The highest BCUT2D eigenvalue weighted by atomic mass is 16.3. The molecule has 66 valence electrons. The number of phenols is 1. The molecule has 0 aliphatic rings. The van der Waals surface area contributed by atoms with Gasteiger partial charge in [0.1, 0.15) is 5.75 Å². The Labute approximate surface area is 71.5 Å². The summed E-state index contributed by atoms with van der Waals surface area (Å²) in [6, 6.07) is 6.50. The summed E-state index contributed by atoms with van der Waals surface area (Å²) in [6.07, 6.45) is 0. The fraction of sp³-hybridized carbons (Fsp3) is 0.333. The molecule has 0 saturated carbocycles. The Balaban J connectivity index is 2.96. The molecular weight excluding hydrogens is 154 g/mol. The molecule has 4 N–H and O–H groups in total. The molecule has 12 heavy (non-hydrogen) atoms. The molecule has 1 rings (SSSR count). The maximum atomic E-state index is 8.99. The minimum Gasteiger partial charge on any atom is -0.508 e. The minimum absolute atomic E-state index is 0.113. The van der Waals surface area contributed by atoms with Gasteiger partial charge in [0.15, 0.2) is 0 Å². The van der Waals surface area contributed by atoms with E-state index in [0.717, 1.165) is 5.56 Å². The van der Waals surface area contributed by atoms with Crippen LogP contribution < -0.4 is 5.73 Å². The quantitative estimate of drug-likeness (QED) is 0.603. The topological polar surface area (TPSA) is 66.5 Å². The Morgan fingerprint density at radius 3 is 2.25 bits per heavy atom. The van der Waals surface area contributed by atoms with E-state index in [4.69, 9.17) is 15.9 Å². The third kappa shape index (κ3) is 1.75. The number of nitrogens with two attached hydrogens (primary N) is 1. The van der Waals surface area contributed by atoms with E-state index in [0.29, 0.717) is 0 Å². The summed E-state index contributed by atoms with van der Waals surface area (Å²) in [5.74, 6) is 0.201. The standard InChI is InChI=1S/C9H13NO2/c1-9(10,6-11)7-2-4-8(12)5-3-7/h2-5,11-12H,6,10H2,1H3/t9-/m1/s1. The minimum atomic E-state index is -0.728. The van der Waals surface area contributed by atoms with Crippen molar-refractivity contribution in [2.45, 2.75) is 12.5 Å². The van der Waals surface area contributed by atoms with E-state index in [-0.39, 0.29) is 12.4 Å². The first kappa shape index (κ1) is 9.03. The van der Waals surface area contributed by atoms with Crippen LogP contribution in [0, 0.1) is 0 Å². The van der Waals surface area contributed by atoms with Crippen molar-refractivity contribution in [2.24, 2.45) is 5.73 Å². The molecular formula is C9H13NO2. The lowest BCUT2D eigenvalue weighted by Crippen LogP contribution is -2.36. The summed E-state index contributed by atoms with van der Waals surface area (Å²) in [5, 5.41) is 17.9. The van der Waals surface area contributed by atoms with Crippen molar-refractivity contribution >= 4 is 0 Å². The molecule has 0 unspecified atom stereocenters. The Morgan fingerprint density at radius 1 is 1.33 bits per heavy atom. The van der Waals surface area contributed by atoms with Crippen LogP contribution in [0.25, 0.3) is 0 Å². The molecule has 3 heteroatoms. The second kappa shape index (κ2) is 3.13. The first-order chi connectivity index (χ1) is 5.56. The molecule has 0 saturated heterocycles. The monoisotopic (exact) mass is 167 g/mol. The molecule has 0 fully saturated rings. The smallest absolute Gasteiger partial charge is 0.115 e. The Hall–Kier alpha value is -1.06. The van der Waals surface area contributed by atoms with Gasteiger partial charge in [-0.2, -0.15) is 0 Å². The van der Waals surface area contributed by atoms with Crippen LogP contribution >= 0.6 is 0 Å². The Bertz CT molecular complexity index is 254. The maximum absolute atomic E-state index is 8.99. The lowest BCUT2D eigenvalue weighted by Gasteiger charge is -2.21. The fourth-order valence-corrected chi connectivity index (χ4v) is 0.933. The van der Waals surface area contributed by atoms with Crippen LogP contribution in [0.3, 0.4) is 0 Å². The number of aliphatic hydroxyl groups excluding tert-OH is 1. The highest BCUT2D eigenvalue weighted by Gasteiger charge is 2.19. The van der Waals surface area contributed by atoms with Crippen molar-refractivity contribution < 1.29 is 10.2 Å². The second-order valence-corrected chi connectivity index (χ2v) is 3.12. The van der Waals surface area contributed by atoms with E-state index in [1.54, 1.807) is 31.2 Å². The van der Waals surface area contributed by atoms with E-state index in [1.807, 2.05) is 0 Å². The molecule has 0 heterocycles. The van der Waals surface area contributed by atoms with Crippen LogP contribution in [0.4, 0.5) is 0 Å². The summed E-state index contributed by atoms with van der Waals surface area (Å²) in [7, 11) is 0. The van der Waals surface area contributed by atoms with Gasteiger partial charge in [-0.15, -0.1) is 0 Å². The number of phenolic OH excluding ortho intramolecular Hbond substituents is 1. The number of aliphatic hydroxyl groups is 1. The van der Waals surface area contributed by atoms with Gasteiger partial charge in [-0.05, 0) is 24.6 Å². The van der Waals surface area contributed by atoms with Crippen LogP contribution in [0.2, 0.25) is 0 Å². The van der Waals surface area contributed by atoms with Gasteiger partial charge in [0, 0.05) is 0 Å². The molecule has 1 atom stereocenters. The third-order valence-electron chi connectivity index (χ3n) is 1.86. The highest BCUT2D eigenvalue weighted by molar-refractivity contribution is 5.30. The summed E-state index contributed by atoms with van der Waals surface area (Å²) >= 11 is 0. The van der Waals surface area contributed by atoms with Crippen molar-refractivity contribution in [1.29, 1.82) is 0 Å². The molecule has 0 bridgehead atoms. The average molecular weight is 167 g/mol. The lowest BCUT2D eigenvalue weighted by molar-refractivity contribution is 0.210. The zero-order valence-electron chi connectivity index (χ0n) is 6.99. The van der Waals surface area contributed by atoms with Crippen molar-refractivity contribution in [2.75, 3.05) is 6.61 Å². The van der Waals surface area contributed by atoms with E-state index in [1.165, 1.54) is 0 Å². The number of benzene rings is 1. The summed E-state index contributed by atoms with van der Waals surface area (Å²) in [6.45, 7) is 1.62. The summed E-state index contributed by atoms with van der Waals surface area (Å²) < 4.78 is 0. The molecule has 0 spiro atoms. The largest absolute Gasteiger partial charge is 0.508 e. The molecule has 0 aliphatic heterocycles. The van der Waals surface area contributed by atoms with Crippen molar-refractivity contribution in [3.63, 3.8) is 0 Å². The zero-order chi connectivity index (χ0) is 9.19. The van der Waals surface area contributed by atoms with Crippen LogP contribution in [-0.4, -0.2) is 16.8 Å². The van der Waals surface area contributed by atoms with Gasteiger partial charge >= 0.3 is 0 Å². The number of aromatic hydroxyl groups is 1. The van der Waals surface area contributed by atoms with Gasteiger partial charge in [-0.3, -0.25) is 0 Å². The van der Waals surface area contributed by atoms with E-state index in [9.17, 15) is 0 Å². The molecule has 1 aromatic carbocycles. The molecule has 0 amide bonds. The maximum Gasteiger partial charge on any atom is 0.115 e. The van der Waals surface area contributed by atoms with Crippen molar-refractivity contribution in [3.8, 4) is 5.75 Å². The van der Waals surface area contributed by atoms with Gasteiger partial charge < -0.3 is 15.9 Å². The molecule has 0 aromatic heterocycles. The highest BCUT2D eigenvalue weighted by Crippen LogP contribution is 2.19. The van der Waals surface area contributed by atoms with Crippen LogP contribution in [0.5, 0.6) is 5.75 Å². The summed E-state index contributed by atoms with van der Waals surface area (Å²) in [5.41, 5.74) is 5.84.